The number of terminal acetylenes is 1. The first-order valence-electron chi connectivity index (χ1n) is 9.11. The fourth-order valence-corrected chi connectivity index (χ4v) is 3.44. The van der Waals surface area contributed by atoms with Crippen LogP contribution in [0.1, 0.15) is 31.9 Å². The van der Waals surface area contributed by atoms with Crippen molar-refractivity contribution in [3.05, 3.63) is 77.4 Å². The molecule has 27 heavy (non-hydrogen) atoms. The Morgan fingerprint density at radius 3 is 2.48 bits per heavy atom. The van der Waals surface area contributed by atoms with E-state index in [-0.39, 0.29) is 5.75 Å². The van der Waals surface area contributed by atoms with Crippen LogP contribution in [0.25, 0.3) is 16.3 Å². The smallest absolute Gasteiger partial charge is 0.127 e. The standard InChI is InChI=1S/C25H24O2/c1-5-18(4)25(17(2)3)20-10-6-9-19(15-20)16-27-24-14-8-11-21-22(24)12-7-13-23(21)26/h1,6-15,17,26H,16H2,2-4H3/b25-18-. The number of benzene rings is 3. The van der Waals surface area contributed by atoms with Gasteiger partial charge in [0.2, 0.25) is 0 Å². The summed E-state index contributed by atoms with van der Waals surface area (Å²) in [6.45, 7) is 6.74. The molecule has 3 aromatic carbocycles. The molecule has 0 spiro atoms. The second-order valence-corrected chi connectivity index (χ2v) is 6.96. The van der Waals surface area contributed by atoms with E-state index in [4.69, 9.17) is 11.2 Å². The lowest BCUT2D eigenvalue weighted by Crippen LogP contribution is -2.00. The second-order valence-electron chi connectivity index (χ2n) is 6.96. The van der Waals surface area contributed by atoms with Crippen LogP contribution in [0, 0.1) is 18.3 Å². The number of hydrogen-bond donors (Lipinski definition) is 1. The first-order valence-corrected chi connectivity index (χ1v) is 9.11. The molecule has 2 heteroatoms. The molecule has 0 radical (unpaired) electrons. The lowest BCUT2D eigenvalue weighted by atomic mass is 9.90. The van der Waals surface area contributed by atoms with Gasteiger partial charge >= 0.3 is 0 Å². The molecule has 0 aliphatic heterocycles. The molecule has 3 aromatic rings. The molecule has 0 unspecified atom stereocenters. The molecular weight excluding hydrogens is 332 g/mol. The van der Waals surface area contributed by atoms with Gasteiger partial charge in [-0.15, -0.1) is 6.42 Å². The molecule has 0 saturated carbocycles. The Balaban J connectivity index is 1.89. The third kappa shape index (κ3) is 3.99. The zero-order valence-electron chi connectivity index (χ0n) is 16.0. The second kappa shape index (κ2) is 8.01. The van der Waals surface area contributed by atoms with E-state index >= 15 is 0 Å². The maximum absolute atomic E-state index is 10.0. The number of phenols is 1. The summed E-state index contributed by atoms with van der Waals surface area (Å²) in [7, 11) is 0. The number of hydrogen-bond acceptors (Lipinski definition) is 2. The third-order valence-corrected chi connectivity index (χ3v) is 4.69. The minimum atomic E-state index is 0.261. The van der Waals surface area contributed by atoms with Gasteiger partial charge in [-0.3, -0.25) is 0 Å². The quantitative estimate of drug-likeness (QED) is 0.553. The Labute approximate surface area is 161 Å². The maximum Gasteiger partial charge on any atom is 0.127 e. The topological polar surface area (TPSA) is 29.5 Å². The number of fused-ring (bicyclic) bond motifs is 1. The van der Waals surface area contributed by atoms with Crippen molar-refractivity contribution in [2.24, 2.45) is 5.92 Å². The van der Waals surface area contributed by atoms with Gasteiger partial charge in [0.05, 0.1) is 0 Å². The van der Waals surface area contributed by atoms with Gasteiger partial charge in [-0.05, 0) is 47.7 Å². The molecule has 0 saturated heterocycles. The van der Waals surface area contributed by atoms with Crippen molar-refractivity contribution in [3.63, 3.8) is 0 Å². The van der Waals surface area contributed by atoms with Gasteiger partial charge in [0.15, 0.2) is 0 Å². The number of ether oxygens (including phenoxy) is 1. The summed E-state index contributed by atoms with van der Waals surface area (Å²) in [5, 5.41) is 11.7. The summed E-state index contributed by atoms with van der Waals surface area (Å²) in [5.74, 6) is 4.14. The molecule has 0 amide bonds. The summed E-state index contributed by atoms with van der Waals surface area (Å²) in [4.78, 5) is 0. The highest BCUT2D eigenvalue weighted by Gasteiger charge is 2.11. The molecule has 0 atom stereocenters. The zero-order valence-corrected chi connectivity index (χ0v) is 16.0. The summed E-state index contributed by atoms with van der Waals surface area (Å²) < 4.78 is 6.07. The van der Waals surface area contributed by atoms with E-state index in [2.05, 4.69) is 38.0 Å². The van der Waals surface area contributed by atoms with Crippen LogP contribution in [-0.2, 0) is 6.61 Å². The SMILES string of the molecule is C#C/C(C)=C(\c1cccc(COc2cccc3c(O)cccc23)c1)C(C)C. The predicted octanol–water partition coefficient (Wildman–Crippen LogP) is 6.19. The molecule has 1 N–H and O–H groups in total. The Hall–Kier alpha value is -3.18. The van der Waals surface area contributed by atoms with Crippen LogP contribution in [0.5, 0.6) is 11.5 Å². The Bertz CT molecular complexity index is 1040. The van der Waals surface area contributed by atoms with Crippen molar-refractivity contribution in [2.45, 2.75) is 27.4 Å². The number of allylic oxidation sites excluding steroid dienone is 2. The number of rotatable bonds is 5. The first kappa shape index (κ1) is 18.6. The summed E-state index contributed by atoms with van der Waals surface area (Å²) >= 11 is 0. The summed E-state index contributed by atoms with van der Waals surface area (Å²) in [6.07, 6.45) is 5.63. The highest BCUT2D eigenvalue weighted by Crippen LogP contribution is 2.32. The first-order chi connectivity index (χ1) is 13.0. The van der Waals surface area contributed by atoms with Crippen molar-refractivity contribution in [2.75, 3.05) is 0 Å². The van der Waals surface area contributed by atoms with E-state index < -0.39 is 0 Å². The fraction of sp³-hybridized carbons (Fsp3) is 0.200. The lowest BCUT2D eigenvalue weighted by Gasteiger charge is -2.15. The van der Waals surface area contributed by atoms with E-state index in [9.17, 15) is 5.11 Å². The van der Waals surface area contributed by atoms with E-state index in [1.807, 2.05) is 43.3 Å². The monoisotopic (exact) mass is 356 g/mol. The van der Waals surface area contributed by atoms with Crippen LogP contribution in [0.2, 0.25) is 0 Å². The van der Waals surface area contributed by atoms with Crippen molar-refractivity contribution >= 4 is 16.3 Å². The lowest BCUT2D eigenvalue weighted by molar-refractivity contribution is 0.310. The molecule has 0 heterocycles. The van der Waals surface area contributed by atoms with E-state index in [1.165, 1.54) is 5.57 Å². The third-order valence-electron chi connectivity index (χ3n) is 4.69. The molecular formula is C25H24O2. The molecule has 3 rings (SSSR count). The largest absolute Gasteiger partial charge is 0.507 e. The molecule has 0 aliphatic carbocycles. The normalized spacial score (nSPS) is 12.0. The van der Waals surface area contributed by atoms with Gasteiger partial charge in [0, 0.05) is 16.3 Å². The van der Waals surface area contributed by atoms with E-state index in [0.29, 0.717) is 12.5 Å². The van der Waals surface area contributed by atoms with Gasteiger partial charge in [-0.1, -0.05) is 62.2 Å². The van der Waals surface area contributed by atoms with Crippen LogP contribution in [0.15, 0.2) is 66.2 Å². The molecule has 2 nitrogen and oxygen atoms in total. The van der Waals surface area contributed by atoms with Crippen LogP contribution < -0.4 is 4.74 Å². The number of phenolic OH excluding ortho intramolecular Hbond substituents is 1. The van der Waals surface area contributed by atoms with Gasteiger partial charge < -0.3 is 9.84 Å². The minimum Gasteiger partial charge on any atom is -0.507 e. The van der Waals surface area contributed by atoms with Gasteiger partial charge in [-0.25, -0.2) is 0 Å². The van der Waals surface area contributed by atoms with Crippen molar-refractivity contribution in [1.82, 2.24) is 0 Å². The molecule has 0 bridgehead atoms. The van der Waals surface area contributed by atoms with E-state index in [0.717, 1.165) is 33.2 Å². The molecule has 136 valence electrons. The predicted molar refractivity (Wildman–Crippen MR) is 113 cm³/mol. The Morgan fingerprint density at radius 1 is 1.04 bits per heavy atom. The highest BCUT2D eigenvalue weighted by molar-refractivity contribution is 5.92. The van der Waals surface area contributed by atoms with Crippen LogP contribution in [0.3, 0.4) is 0 Å². The Morgan fingerprint density at radius 2 is 1.74 bits per heavy atom. The van der Waals surface area contributed by atoms with Crippen LogP contribution in [-0.4, -0.2) is 5.11 Å². The average Bonchev–Trinajstić information content (AvgIpc) is 2.67. The zero-order chi connectivity index (χ0) is 19.4. The van der Waals surface area contributed by atoms with Crippen molar-refractivity contribution in [1.29, 1.82) is 0 Å². The Kier molecular flexibility index (Phi) is 5.52. The van der Waals surface area contributed by atoms with Crippen LogP contribution >= 0.6 is 0 Å². The molecule has 0 aromatic heterocycles. The van der Waals surface area contributed by atoms with Gasteiger partial charge in [-0.2, -0.15) is 0 Å². The van der Waals surface area contributed by atoms with Crippen molar-refractivity contribution < 1.29 is 9.84 Å². The van der Waals surface area contributed by atoms with Crippen molar-refractivity contribution in [3.8, 4) is 23.8 Å². The van der Waals surface area contributed by atoms with E-state index in [1.54, 1.807) is 6.07 Å². The van der Waals surface area contributed by atoms with Gasteiger partial charge in [0.1, 0.15) is 18.1 Å². The summed E-state index contributed by atoms with van der Waals surface area (Å²) in [6, 6.07) is 19.5. The molecule has 0 aliphatic rings. The van der Waals surface area contributed by atoms with Gasteiger partial charge in [0.25, 0.3) is 0 Å². The molecule has 0 fully saturated rings. The summed E-state index contributed by atoms with van der Waals surface area (Å²) in [5.41, 5.74) is 4.37. The maximum atomic E-state index is 10.0. The van der Waals surface area contributed by atoms with Crippen LogP contribution in [0.4, 0.5) is 0 Å². The average molecular weight is 356 g/mol. The number of aromatic hydroxyl groups is 1. The minimum absolute atomic E-state index is 0.261. The highest BCUT2D eigenvalue weighted by atomic mass is 16.5. The fourth-order valence-electron chi connectivity index (χ4n) is 3.44.